The minimum absolute atomic E-state index is 0.181. The normalized spacial score (nSPS) is 16.8. The van der Waals surface area contributed by atoms with Gasteiger partial charge in [0.05, 0.1) is 13.1 Å². The highest BCUT2D eigenvalue weighted by atomic mass is 35.5. The smallest absolute Gasteiger partial charge is 0.414 e. The molecular weight excluding hydrogens is 328 g/mol. The summed E-state index contributed by atoms with van der Waals surface area (Å²) in [5.41, 5.74) is 2.33. The number of rotatable bonds is 4. The average molecular weight is 345 g/mol. The minimum Gasteiger partial charge on any atom is -0.442 e. The topological polar surface area (TPSA) is 58.6 Å². The largest absolute Gasteiger partial charge is 0.442 e. The van der Waals surface area contributed by atoms with Gasteiger partial charge in [0.1, 0.15) is 6.10 Å². The van der Waals surface area contributed by atoms with Crippen molar-refractivity contribution in [3.8, 4) is 0 Å². The van der Waals surface area contributed by atoms with Gasteiger partial charge in [-0.1, -0.05) is 29.3 Å². The van der Waals surface area contributed by atoms with E-state index in [9.17, 15) is 9.59 Å². The van der Waals surface area contributed by atoms with Gasteiger partial charge in [0.2, 0.25) is 0 Å². The van der Waals surface area contributed by atoms with Crippen LogP contribution >= 0.6 is 11.6 Å². The summed E-state index contributed by atoms with van der Waals surface area (Å²) in [5, 5.41) is 3.41. The van der Waals surface area contributed by atoms with Gasteiger partial charge >= 0.3 is 6.09 Å². The van der Waals surface area contributed by atoms with Crippen LogP contribution in [0, 0.1) is 6.92 Å². The van der Waals surface area contributed by atoms with E-state index in [-0.39, 0.29) is 18.6 Å². The van der Waals surface area contributed by atoms with Crippen LogP contribution in [0.2, 0.25) is 5.02 Å². The highest BCUT2D eigenvalue weighted by Crippen LogP contribution is 2.23. The third kappa shape index (κ3) is 3.68. The summed E-state index contributed by atoms with van der Waals surface area (Å²) in [4.78, 5) is 25.7. The first kappa shape index (κ1) is 16.3. The van der Waals surface area contributed by atoms with E-state index in [2.05, 4.69) is 5.32 Å². The summed E-state index contributed by atoms with van der Waals surface area (Å²) < 4.78 is 5.31. The summed E-state index contributed by atoms with van der Waals surface area (Å²) in [5.74, 6) is -0.181. The van der Waals surface area contributed by atoms with Crippen LogP contribution in [0.5, 0.6) is 0 Å². The lowest BCUT2D eigenvalue weighted by molar-refractivity contribution is 0.0916. The van der Waals surface area contributed by atoms with E-state index in [4.69, 9.17) is 16.3 Å². The molecule has 124 valence electrons. The van der Waals surface area contributed by atoms with Crippen LogP contribution in [0.15, 0.2) is 48.5 Å². The van der Waals surface area contributed by atoms with Gasteiger partial charge in [-0.25, -0.2) is 4.79 Å². The van der Waals surface area contributed by atoms with E-state index < -0.39 is 6.09 Å². The first-order valence-electron chi connectivity index (χ1n) is 7.61. The molecule has 0 spiro atoms. The predicted molar refractivity (Wildman–Crippen MR) is 92.6 cm³/mol. The molecule has 1 aliphatic heterocycles. The van der Waals surface area contributed by atoms with Gasteiger partial charge in [-0.15, -0.1) is 0 Å². The van der Waals surface area contributed by atoms with Crippen LogP contribution in [0.1, 0.15) is 15.9 Å². The number of hydrogen-bond acceptors (Lipinski definition) is 3. The van der Waals surface area contributed by atoms with Crippen molar-refractivity contribution in [2.24, 2.45) is 0 Å². The Bertz CT molecular complexity index is 761. The Kier molecular flexibility index (Phi) is 4.71. The van der Waals surface area contributed by atoms with Crippen LogP contribution < -0.4 is 10.2 Å². The number of hydrogen-bond donors (Lipinski definition) is 1. The van der Waals surface area contributed by atoms with Gasteiger partial charge in [-0.2, -0.15) is 0 Å². The Hall–Kier alpha value is -2.53. The molecule has 1 unspecified atom stereocenters. The van der Waals surface area contributed by atoms with Crippen LogP contribution in [-0.4, -0.2) is 31.2 Å². The lowest BCUT2D eigenvalue weighted by Gasteiger charge is -2.13. The van der Waals surface area contributed by atoms with Gasteiger partial charge in [-0.05, 0) is 43.3 Å². The molecule has 1 aliphatic rings. The number of carbonyl (C=O) groups is 2. The van der Waals surface area contributed by atoms with Crippen molar-refractivity contribution in [3.05, 3.63) is 64.7 Å². The minimum atomic E-state index is -0.424. The Balaban J connectivity index is 1.58. The zero-order valence-corrected chi connectivity index (χ0v) is 13.9. The molecule has 1 N–H and O–H groups in total. The SMILES string of the molecule is Cc1cccc(C(=O)NCC2CN(c3ccc(Cl)cc3)C(=O)O2)c1. The van der Waals surface area contributed by atoms with E-state index in [1.54, 1.807) is 30.3 Å². The second kappa shape index (κ2) is 6.93. The zero-order chi connectivity index (χ0) is 17.1. The Morgan fingerprint density at radius 3 is 2.75 bits per heavy atom. The standard InChI is InChI=1S/C18H17ClN2O3/c1-12-3-2-4-13(9-12)17(22)20-10-16-11-21(18(23)24-16)15-7-5-14(19)6-8-15/h2-9,16H,10-11H2,1H3,(H,20,22). The van der Waals surface area contributed by atoms with E-state index in [0.29, 0.717) is 17.1 Å². The maximum atomic E-state index is 12.1. The molecule has 0 radical (unpaired) electrons. The summed E-state index contributed by atoms with van der Waals surface area (Å²) in [7, 11) is 0. The second-order valence-corrected chi connectivity index (χ2v) is 6.11. The van der Waals surface area contributed by atoms with Gasteiger partial charge in [-0.3, -0.25) is 9.69 Å². The number of nitrogens with one attached hydrogen (secondary N) is 1. The zero-order valence-electron chi connectivity index (χ0n) is 13.2. The molecule has 2 aromatic rings. The van der Waals surface area contributed by atoms with Crippen LogP contribution in [0.3, 0.4) is 0 Å². The highest BCUT2D eigenvalue weighted by Gasteiger charge is 2.32. The maximum Gasteiger partial charge on any atom is 0.414 e. The van der Waals surface area contributed by atoms with Crippen molar-refractivity contribution in [1.82, 2.24) is 5.32 Å². The molecule has 2 aromatic carbocycles. The van der Waals surface area contributed by atoms with Crippen molar-refractivity contribution in [1.29, 1.82) is 0 Å². The lowest BCUT2D eigenvalue weighted by atomic mass is 10.1. The van der Waals surface area contributed by atoms with Crippen molar-refractivity contribution in [2.75, 3.05) is 18.0 Å². The number of amides is 2. The van der Waals surface area contributed by atoms with Crippen LogP contribution in [-0.2, 0) is 4.74 Å². The highest BCUT2D eigenvalue weighted by molar-refractivity contribution is 6.30. The Morgan fingerprint density at radius 1 is 1.29 bits per heavy atom. The van der Waals surface area contributed by atoms with Crippen LogP contribution in [0.4, 0.5) is 10.5 Å². The molecule has 5 nitrogen and oxygen atoms in total. The summed E-state index contributed by atoms with van der Waals surface area (Å²) in [6, 6.07) is 14.3. The molecule has 0 aromatic heterocycles. The van der Waals surface area contributed by atoms with Gasteiger partial charge in [0, 0.05) is 16.3 Å². The van der Waals surface area contributed by atoms with E-state index >= 15 is 0 Å². The Labute approximate surface area is 145 Å². The van der Waals surface area contributed by atoms with Crippen molar-refractivity contribution < 1.29 is 14.3 Å². The molecule has 3 rings (SSSR count). The Morgan fingerprint density at radius 2 is 2.04 bits per heavy atom. The number of aryl methyl sites for hydroxylation is 1. The molecule has 1 atom stereocenters. The number of benzene rings is 2. The van der Waals surface area contributed by atoms with E-state index in [0.717, 1.165) is 11.3 Å². The van der Waals surface area contributed by atoms with E-state index in [1.807, 2.05) is 25.1 Å². The summed E-state index contributed by atoms with van der Waals surface area (Å²) >= 11 is 5.86. The van der Waals surface area contributed by atoms with Gasteiger partial charge in [0.15, 0.2) is 0 Å². The third-order valence-electron chi connectivity index (χ3n) is 3.78. The first-order chi connectivity index (χ1) is 11.5. The molecule has 1 fully saturated rings. The molecule has 0 aliphatic carbocycles. The molecular formula is C18H17ClN2O3. The molecule has 24 heavy (non-hydrogen) atoms. The molecule has 0 bridgehead atoms. The third-order valence-corrected chi connectivity index (χ3v) is 4.03. The molecule has 0 saturated carbocycles. The fourth-order valence-corrected chi connectivity index (χ4v) is 2.68. The number of carbonyl (C=O) groups excluding carboxylic acids is 2. The number of nitrogens with zero attached hydrogens (tertiary/aromatic N) is 1. The number of halogens is 1. The average Bonchev–Trinajstić information content (AvgIpc) is 2.94. The van der Waals surface area contributed by atoms with E-state index in [1.165, 1.54) is 4.90 Å². The first-order valence-corrected chi connectivity index (χ1v) is 7.99. The predicted octanol–water partition coefficient (Wildman–Crippen LogP) is 3.40. The molecule has 1 heterocycles. The molecule has 1 saturated heterocycles. The van der Waals surface area contributed by atoms with Gasteiger partial charge < -0.3 is 10.1 Å². The van der Waals surface area contributed by atoms with Gasteiger partial charge in [0.25, 0.3) is 5.91 Å². The summed E-state index contributed by atoms with van der Waals surface area (Å²) in [6.45, 7) is 2.58. The maximum absolute atomic E-state index is 12.1. The monoisotopic (exact) mass is 344 g/mol. The number of ether oxygens (including phenoxy) is 1. The van der Waals surface area contributed by atoms with Crippen molar-refractivity contribution in [3.63, 3.8) is 0 Å². The second-order valence-electron chi connectivity index (χ2n) is 5.67. The fourth-order valence-electron chi connectivity index (χ4n) is 2.55. The fraction of sp³-hybridized carbons (Fsp3) is 0.222. The van der Waals surface area contributed by atoms with Crippen molar-refractivity contribution >= 4 is 29.3 Å². The van der Waals surface area contributed by atoms with Crippen molar-refractivity contribution in [2.45, 2.75) is 13.0 Å². The molecule has 2 amide bonds. The number of cyclic esters (lactones) is 1. The van der Waals surface area contributed by atoms with Crippen LogP contribution in [0.25, 0.3) is 0 Å². The quantitative estimate of drug-likeness (QED) is 0.924. The molecule has 6 heteroatoms. The number of anilines is 1. The lowest BCUT2D eigenvalue weighted by Crippen LogP contribution is -2.34. The summed E-state index contributed by atoms with van der Waals surface area (Å²) in [6.07, 6.45) is -0.811.